The van der Waals surface area contributed by atoms with E-state index in [1.165, 1.54) is 18.6 Å². The third-order valence-corrected chi connectivity index (χ3v) is 4.58. The Balaban J connectivity index is 1.49. The Hall–Kier alpha value is -2.76. The maximum atomic E-state index is 12.7. The smallest absolute Gasteiger partial charge is 0.274 e. The van der Waals surface area contributed by atoms with Gasteiger partial charge < -0.3 is 9.80 Å². The SMILES string of the molecule is O=C(c1cnccn1)N1C[C@H]2CN(c3ccccc3)C(=O)[C@@H]2C1. The molecular formula is C17H16N4O2. The Morgan fingerprint density at radius 3 is 2.61 bits per heavy atom. The molecule has 0 unspecified atom stereocenters. The van der Waals surface area contributed by atoms with E-state index < -0.39 is 0 Å². The van der Waals surface area contributed by atoms with E-state index >= 15 is 0 Å². The highest BCUT2D eigenvalue weighted by molar-refractivity contribution is 5.99. The number of carbonyl (C=O) groups excluding carboxylic acids is 2. The number of fused-ring (bicyclic) bond motifs is 1. The number of rotatable bonds is 2. The fourth-order valence-corrected chi connectivity index (χ4v) is 3.44. The van der Waals surface area contributed by atoms with Crippen LogP contribution >= 0.6 is 0 Å². The minimum absolute atomic E-state index is 0.107. The van der Waals surface area contributed by atoms with Crippen molar-refractivity contribution in [3.63, 3.8) is 0 Å². The topological polar surface area (TPSA) is 66.4 Å². The molecule has 3 heterocycles. The van der Waals surface area contributed by atoms with Gasteiger partial charge in [-0.05, 0) is 12.1 Å². The summed E-state index contributed by atoms with van der Waals surface area (Å²) in [4.78, 5) is 36.6. The number of carbonyl (C=O) groups is 2. The predicted molar refractivity (Wildman–Crippen MR) is 83.7 cm³/mol. The first-order valence-electron chi connectivity index (χ1n) is 7.66. The van der Waals surface area contributed by atoms with Gasteiger partial charge in [0.15, 0.2) is 0 Å². The average Bonchev–Trinajstić information content (AvgIpc) is 3.16. The van der Waals surface area contributed by atoms with Crippen molar-refractivity contribution in [1.82, 2.24) is 14.9 Å². The first kappa shape index (κ1) is 13.9. The first-order chi connectivity index (χ1) is 11.2. The molecule has 2 aliphatic rings. The monoisotopic (exact) mass is 308 g/mol. The van der Waals surface area contributed by atoms with Gasteiger partial charge in [0.25, 0.3) is 5.91 Å². The highest BCUT2D eigenvalue weighted by atomic mass is 16.2. The molecule has 2 atom stereocenters. The molecule has 4 rings (SSSR count). The Bertz CT molecular complexity index is 735. The lowest BCUT2D eigenvalue weighted by Gasteiger charge is -2.21. The summed E-state index contributed by atoms with van der Waals surface area (Å²) in [5.74, 6) is 0.0290. The van der Waals surface area contributed by atoms with Crippen LogP contribution in [0.2, 0.25) is 0 Å². The molecule has 2 aromatic rings. The van der Waals surface area contributed by atoms with Gasteiger partial charge in [0.1, 0.15) is 5.69 Å². The van der Waals surface area contributed by atoms with Crippen molar-refractivity contribution < 1.29 is 9.59 Å². The summed E-state index contributed by atoms with van der Waals surface area (Å²) in [7, 11) is 0. The molecule has 0 bridgehead atoms. The summed E-state index contributed by atoms with van der Waals surface area (Å²) in [5.41, 5.74) is 1.26. The first-order valence-corrected chi connectivity index (χ1v) is 7.66. The van der Waals surface area contributed by atoms with Crippen LogP contribution in [0.5, 0.6) is 0 Å². The van der Waals surface area contributed by atoms with Crippen molar-refractivity contribution in [2.24, 2.45) is 11.8 Å². The summed E-state index contributed by atoms with van der Waals surface area (Å²) in [6.45, 7) is 1.72. The summed E-state index contributed by atoms with van der Waals surface area (Å²) >= 11 is 0. The van der Waals surface area contributed by atoms with Crippen molar-refractivity contribution in [3.05, 3.63) is 54.6 Å². The lowest BCUT2D eigenvalue weighted by Crippen LogP contribution is -2.36. The van der Waals surface area contributed by atoms with Gasteiger partial charge in [0, 0.05) is 43.6 Å². The molecular weight excluding hydrogens is 292 g/mol. The van der Waals surface area contributed by atoms with Crippen molar-refractivity contribution in [3.8, 4) is 0 Å². The average molecular weight is 308 g/mol. The molecule has 116 valence electrons. The Labute approximate surface area is 133 Å². The van der Waals surface area contributed by atoms with Gasteiger partial charge in [-0.3, -0.25) is 14.6 Å². The molecule has 0 spiro atoms. The van der Waals surface area contributed by atoms with E-state index in [1.54, 1.807) is 4.90 Å². The van der Waals surface area contributed by atoms with E-state index in [9.17, 15) is 9.59 Å². The molecule has 2 saturated heterocycles. The molecule has 1 aromatic carbocycles. The zero-order valence-electron chi connectivity index (χ0n) is 12.5. The van der Waals surface area contributed by atoms with Crippen LogP contribution in [-0.2, 0) is 4.79 Å². The van der Waals surface area contributed by atoms with Crippen molar-refractivity contribution in [2.45, 2.75) is 0 Å². The Morgan fingerprint density at radius 1 is 1.09 bits per heavy atom. The van der Waals surface area contributed by atoms with Gasteiger partial charge in [-0.1, -0.05) is 18.2 Å². The minimum atomic E-state index is -0.147. The number of hydrogen-bond donors (Lipinski definition) is 0. The molecule has 23 heavy (non-hydrogen) atoms. The van der Waals surface area contributed by atoms with E-state index in [2.05, 4.69) is 9.97 Å². The molecule has 2 fully saturated rings. The third-order valence-electron chi connectivity index (χ3n) is 4.58. The van der Waals surface area contributed by atoms with Crippen LogP contribution < -0.4 is 4.90 Å². The molecule has 0 aliphatic carbocycles. The van der Waals surface area contributed by atoms with Gasteiger partial charge in [-0.15, -0.1) is 0 Å². The molecule has 2 amide bonds. The van der Waals surface area contributed by atoms with Crippen LogP contribution in [0.15, 0.2) is 48.9 Å². The zero-order chi connectivity index (χ0) is 15.8. The van der Waals surface area contributed by atoms with E-state index in [1.807, 2.05) is 35.2 Å². The van der Waals surface area contributed by atoms with Crippen molar-refractivity contribution in [2.75, 3.05) is 24.5 Å². The Morgan fingerprint density at radius 2 is 1.91 bits per heavy atom. The van der Waals surface area contributed by atoms with Crippen LogP contribution in [0.4, 0.5) is 5.69 Å². The largest absolute Gasteiger partial charge is 0.336 e. The van der Waals surface area contributed by atoms with Gasteiger partial charge in [-0.25, -0.2) is 4.98 Å². The van der Waals surface area contributed by atoms with Gasteiger partial charge in [0.2, 0.25) is 5.91 Å². The number of likely N-dealkylation sites (tertiary alicyclic amines) is 1. The molecule has 1 aromatic heterocycles. The van der Waals surface area contributed by atoms with E-state index in [0.29, 0.717) is 25.3 Å². The second-order valence-electron chi connectivity index (χ2n) is 5.95. The quantitative estimate of drug-likeness (QED) is 0.836. The van der Waals surface area contributed by atoms with Crippen molar-refractivity contribution >= 4 is 17.5 Å². The Kier molecular flexibility index (Phi) is 3.29. The second-order valence-corrected chi connectivity index (χ2v) is 5.95. The number of benzene rings is 1. The standard InChI is InChI=1S/C17H16N4O2/c22-16-14-11-20(17(23)15-8-18-6-7-19-15)9-12(14)10-21(16)13-4-2-1-3-5-13/h1-8,12,14H,9-11H2/t12-,14+/m0/s1. The van der Waals surface area contributed by atoms with Gasteiger partial charge in [0.05, 0.1) is 12.1 Å². The second kappa shape index (κ2) is 5.46. The minimum Gasteiger partial charge on any atom is -0.336 e. The highest BCUT2D eigenvalue weighted by Crippen LogP contribution is 2.35. The summed E-state index contributed by atoms with van der Waals surface area (Å²) in [6.07, 6.45) is 4.51. The van der Waals surface area contributed by atoms with Crippen LogP contribution in [0.25, 0.3) is 0 Å². The fraction of sp³-hybridized carbons (Fsp3) is 0.294. The van der Waals surface area contributed by atoms with Crippen LogP contribution in [0, 0.1) is 11.8 Å². The normalized spacial score (nSPS) is 23.2. The number of aromatic nitrogens is 2. The van der Waals surface area contributed by atoms with Crippen LogP contribution in [-0.4, -0.2) is 46.3 Å². The summed E-state index contributed by atoms with van der Waals surface area (Å²) < 4.78 is 0. The number of anilines is 1. The van der Waals surface area contributed by atoms with Crippen LogP contribution in [0.3, 0.4) is 0 Å². The van der Waals surface area contributed by atoms with E-state index in [-0.39, 0.29) is 23.7 Å². The maximum Gasteiger partial charge on any atom is 0.274 e. The van der Waals surface area contributed by atoms with E-state index in [0.717, 1.165) is 5.69 Å². The number of para-hydroxylation sites is 1. The lowest BCUT2D eigenvalue weighted by atomic mass is 10.0. The van der Waals surface area contributed by atoms with Crippen molar-refractivity contribution in [1.29, 1.82) is 0 Å². The molecule has 2 aliphatic heterocycles. The van der Waals surface area contributed by atoms with Crippen LogP contribution in [0.1, 0.15) is 10.5 Å². The summed E-state index contributed by atoms with van der Waals surface area (Å²) in [6, 6.07) is 9.69. The molecule has 6 nitrogen and oxygen atoms in total. The molecule has 0 radical (unpaired) electrons. The third kappa shape index (κ3) is 2.36. The number of amides is 2. The highest BCUT2D eigenvalue weighted by Gasteiger charge is 2.47. The number of hydrogen-bond acceptors (Lipinski definition) is 4. The molecule has 0 N–H and O–H groups in total. The zero-order valence-corrected chi connectivity index (χ0v) is 12.5. The van der Waals surface area contributed by atoms with Gasteiger partial charge in [-0.2, -0.15) is 0 Å². The predicted octanol–water partition coefficient (Wildman–Crippen LogP) is 1.21. The lowest BCUT2D eigenvalue weighted by molar-refractivity contribution is -0.120. The van der Waals surface area contributed by atoms with Gasteiger partial charge >= 0.3 is 0 Å². The molecule has 0 saturated carbocycles. The van der Waals surface area contributed by atoms with E-state index in [4.69, 9.17) is 0 Å². The maximum absolute atomic E-state index is 12.7. The fourth-order valence-electron chi connectivity index (χ4n) is 3.44. The number of nitrogens with zero attached hydrogens (tertiary/aromatic N) is 4. The summed E-state index contributed by atoms with van der Waals surface area (Å²) in [5, 5.41) is 0. The molecule has 6 heteroatoms.